The van der Waals surface area contributed by atoms with Crippen LogP contribution < -0.4 is 5.32 Å². The Morgan fingerprint density at radius 1 is 1.28 bits per heavy atom. The van der Waals surface area contributed by atoms with Gasteiger partial charge in [-0.3, -0.25) is 0 Å². The Labute approximate surface area is 104 Å². The van der Waals surface area contributed by atoms with Crippen LogP contribution in [0.1, 0.15) is 32.1 Å². The maximum Gasteiger partial charge on any atom is 0.411 e. The van der Waals surface area contributed by atoms with Crippen molar-refractivity contribution in [2.75, 3.05) is 6.61 Å². The van der Waals surface area contributed by atoms with E-state index in [1.54, 1.807) is 6.07 Å². The van der Waals surface area contributed by atoms with Gasteiger partial charge in [-0.05, 0) is 26.8 Å². The van der Waals surface area contributed by atoms with E-state index in [0.717, 1.165) is 5.56 Å². The highest BCUT2D eigenvalue weighted by atomic mass is 19.4. The summed E-state index contributed by atoms with van der Waals surface area (Å²) in [5, 5.41) is 3.25. The third kappa shape index (κ3) is 6.66. The predicted octanol–water partition coefficient (Wildman–Crippen LogP) is 3.25. The maximum atomic E-state index is 11.8. The summed E-state index contributed by atoms with van der Waals surface area (Å²) in [6.45, 7) is 5.26. The Morgan fingerprint density at radius 2 is 1.94 bits per heavy atom. The Hall–Kier alpha value is -1.01. The molecule has 1 N–H and O–H groups in total. The molecule has 0 spiro atoms. The van der Waals surface area contributed by atoms with Crippen LogP contribution in [0.2, 0.25) is 0 Å². The second-order valence-corrected chi connectivity index (χ2v) is 5.13. The summed E-state index contributed by atoms with van der Waals surface area (Å²) in [7, 11) is 0. The molecule has 0 saturated carbocycles. The largest absolute Gasteiger partial charge is 0.467 e. The molecule has 3 nitrogen and oxygen atoms in total. The van der Waals surface area contributed by atoms with Gasteiger partial charge >= 0.3 is 6.18 Å². The van der Waals surface area contributed by atoms with Crippen molar-refractivity contribution in [1.82, 2.24) is 5.32 Å². The number of rotatable bonds is 5. The molecule has 18 heavy (non-hydrogen) atoms. The van der Waals surface area contributed by atoms with Gasteiger partial charge in [0, 0.05) is 17.6 Å². The van der Waals surface area contributed by atoms with Crippen molar-refractivity contribution in [3.63, 3.8) is 0 Å². The van der Waals surface area contributed by atoms with Gasteiger partial charge in [-0.1, -0.05) is 0 Å². The zero-order chi connectivity index (χ0) is 13.8. The molecule has 0 radical (unpaired) electrons. The van der Waals surface area contributed by atoms with Gasteiger partial charge in [-0.2, -0.15) is 13.2 Å². The molecule has 0 saturated heterocycles. The topological polar surface area (TPSA) is 34.4 Å². The Balaban J connectivity index is 2.35. The molecule has 0 aromatic carbocycles. The molecule has 1 aromatic rings. The van der Waals surface area contributed by atoms with Crippen LogP contribution in [-0.4, -0.2) is 18.3 Å². The SMILES string of the molecule is CC(C)(C)NCc1coc(COCC(F)(F)F)c1. The van der Waals surface area contributed by atoms with Crippen LogP contribution in [-0.2, 0) is 17.9 Å². The summed E-state index contributed by atoms with van der Waals surface area (Å²) in [4.78, 5) is 0. The molecular formula is C12H18F3NO2. The van der Waals surface area contributed by atoms with Crippen molar-refractivity contribution >= 4 is 0 Å². The second-order valence-electron chi connectivity index (χ2n) is 5.13. The van der Waals surface area contributed by atoms with Crippen molar-refractivity contribution < 1.29 is 22.3 Å². The fraction of sp³-hybridized carbons (Fsp3) is 0.667. The van der Waals surface area contributed by atoms with E-state index in [-0.39, 0.29) is 12.1 Å². The van der Waals surface area contributed by atoms with Crippen LogP contribution in [0.25, 0.3) is 0 Å². The number of ether oxygens (including phenoxy) is 1. The Morgan fingerprint density at radius 3 is 2.50 bits per heavy atom. The van der Waals surface area contributed by atoms with E-state index < -0.39 is 12.8 Å². The van der Waals surface area contributed by atoms with Crippen LogP contribution in [0, 0.1) is 0 Å². The van der Waals surface area contributed by atoms with E-state index in [1.807, 2.05) is 20.8 Å². The van der Waals surface area contributed by atoms with Crippen molar-refractivity contribution in [3.05, 3.63) is 23.7 Å². The lowest BCUT2D eigenvalue weighted by Gasteiger charge is -2.19. The Kier molecular flexibility index (Phi) is 4.81. The van der Waals surface area contributed by atoms with Crippen LogP contribution in [0.4, 0.5) is 13.2 Å². The van der Waals surface area contributed by atoms with Crippen molar-refractivity contribution in [2.24, 2.45) is 0 Å². The first-order valence-electron chi connectivity index (χ1n) is 5.61. The quantitative estimate of drug-likeness (QED) is 0.887. The molecule has 1 heterocycles. The summed E-state index contributed by atoms with van der Waals surface area (Å²) >= 11 is 0. The summed E-state index contributed by atoms with van der Waals surface area (Å²) in [5.41, 5.74) is 0.861. The van der Waals surface area contributed by atoms with E-state index in [9.17, 15) is 13.2 Å². The summed E-state index contributed by atoms with van der Waals surface area (Å²) in [6.07, 6.45) is -2.78. The molecule has 6 heteroatoms. The van der Waals surface area contributed by atoms with E-state index in [2.05, 4.69) is 10.1 Å². The fourth-order valence-electron chi connectivity index (χ4n) is 1.23. The van der Waals surface area contributed by atoms with Crippen LogP contribution in [0.15, 0.2) is 16.7 Å². The van der Waals surface area contributed by atoms with Crippen molar-refractivity contribution in [2.45, 2.75) is 45.6 Å². The molecular weight excluding hydrogens is 247 g/mol. The first kappa shape index (κ1) is 15.0. The molecule has 0 atom stereocenters. The zero-order valence-corrected chi connectivity index (χ0v) is 10.7. The Bertz CT molecular complexity index is 366. The fourth-order valence-corrected chi connectivity index (χ4v) is 1.23. The lowest BCUT2D eigenvalue weighted by molar-refractivity contribution is -0.177. The zero-order valence-electron chi connectivity index (χ0n) is 10.7. The number of nitrogens with one attached hydrogen (secondary N) is 1. The third-order valence-electron chi connectivity index (χ3n) is 2.04. The van der Waals surface area contributed by atoms with Gasteiger partial charge in [-0.15, -0.1) is 0 Å². The number of hydrogen-bond donors (Lipinski definition) is 1. The summed E-state index contributed by atoms with van der Waals surface area (Å²) in [5.74, 6) is 0.393. The summed E-state index contributed by atoms with van der Waals surface area (Å²) in [6, 6.07) is 1.69. The van der Waals surface area contributed by atoms with Gasteiger partial charge in [0.2, 0.25) is 0 Å². The minimum atomic E-state index is -4.30. The molecule has 0 unspecified atom stereocenters. The maximum absolute atomic E-state index is 11.8. The van der Waals surface area contributed by atoms with E-state index in [1.165, 1.54) is 6.26 Å². The van der Waals surface area contributed by atoms with Crippen LogP contribution in [0.5, 0.6) is 0 Å². The lowest BCUT2D eigenvalue weighted by Crippen LogP contribution is -2.34. The molecule has 104 valence electrons. The molecule has 0 bridgehead atoms. The molecule has 1 aromatic heterocycles. The highest BCUT2D eigenvalue weighted by molar-refractivity contribution is 5.12. The number of hydrogen-bond acceptors (Lipinski definition) is 3. The number of alkyl halides is 3. The van der Waals surface area contributed by atoms with Crippen LogP contribution >= 0.6 is 0 Å². The van der Waals surface area contributed by atoms with Crippen molar-refractivity contribution in [3.8, 4) is 0 Å². The highest BCUT2D eigenvalue weighted by Crippen LogP contribution is 2.16. The monoisotopic (exact) mass is 265 g/mol. The average molecular weight is 265 g/mol. The minimum absolute atomic E-state index is 0.0236. The van der Waals surface area contributed by atoms with Gasteiger partial charge in [0.15, 0.2) is 0 Å². The van der Waals surface area contributed by atoms with E-state index in [0.29, 0.717) is 12.3 Å². The number of halogens is 3. The van der Waals surface area contributed by atoms with Gasteiger partial charge in [0.1, 0.15) is 19.0 Å². The standard InChI is InChI=1S/C12H18F3NO2/c1-11(2,3)16-5-9-4-10(18-6-9)7-17-8-12(13,14)15/h4,6,16H,5,7-8H2,1-3H3. The first-order valence-corrected chi connectivity index (χ1v) is 5.61. The minimum Gasteiger partial charge on any atom is -0.467 e. The molecule has 1 rings (SSSR count). The van der Waals surface area contributed by atoms with E-state index in [4.69, 9.17) is 4.42 Å². The normalized spacial score (nSPS) is 13.0. The second kappa shape index (κ2) is 5.75. The highest BCUT2D eigenvalue weighted by Gasteiger charge is 2.27. The predicted molar refractivity (Wildman–Crippen MR) is 61.0 cm³/mol. The van der Waals surface area contributed by atoms with Crippen molar-refractivity contribution in [1.29, 1.82) is 0 Å². The van der Waals surface area contributed by atoms with Crippen LogP contribution in [0.3, 0.4) is 0 Å². The number of furan rings is 1. The third-order valence-corrected chi connectivity index (χ3v) is 2.04. The average Bonchev–Trinajstić information content (AvgIpc) is 2.60. The molecule has 0 aliphatic carbocycles. The molecule has 0 aliphatic heterocycles. The molecule has 0 aliphatic rings. The first-order chi connectivity index (χ1) is 8.16. The lowest BCUT2D eigenvalue weighted by atomic mass is 10.1. The molecule has 0 amide bonds. The van der Waals surface area contributed by atoms with E-state index >= 15 is 0 Å². The molecule has 0 fully saturated rings. The van der Waals surface area contributed by atoms with Gasteiger partial charge in [-0.25, -0.2) is 0 Å². The van der Waals surface area contributed by atoms with Gasteiger partial charge in [0.25, 0.3) is 0 Å². The summed E-state index contributed by atoms with van der Waals surface area (Å²) < 4.78 is 45.2. The van der Waals surface area contributed by atoms with Gasteiger partial charge in [0.05, 0.1) is 6.26 Å². The van der Waals surface area contributed by atoms with Gasteiger partial charge < -0.3 is 14.5 Å². The smallest absolute Gasteiger partial charge is 0.411 e.